The van der Waals surface area contributed by atoms with Crippen LogP contribution in [-0.4, -0.2) is 32.0 Å². The largest absolute Gasteiger partial charge is 0.491 e. The molecule has 6 heteroatoms. The Morgan fingerprint density at radius 3 is 2.54 bits per heavy atom. The molecule has 0 radical (unpaired) electrons. The molecule has 1 saturated heterocycles. The van der Waals surface area contributed by atoms with Crippen LogP contribution >= 0.6 is 11.3 Å². The summed E-state index contributed by atoms with van der Waals surface area (Å²) in [5.41, 5.74) is 1.01. The van der Waals surface area contributed by atoms with E-state index in [1.54, 1.807) is 18.4 Å². The van der Waals surface area contributed by atoms with Crippen molar-refractivity contribution in [1.29, 1.82) is 0 Å². The molecule has 0 bridgehead atoms. The topological polar surface area (TPSA) is 64.6 Å². The number of nitrogens with one attached hydrogen (secondary N) is 1. The van der Waals surface area contributed by atoms with Crippen molar-refractivity contribution in [3.05, 3.63) is 52.2 Å². The molecule has 0 aliphatic carbocycles. The van der Waals surface area contributed by atoms with Crippen molar-refractivity contribution in [3.63, 3.8) is 0 Å². The van der Waals surface area contributed by atoms with Crippen molar-refractivity contribution in [2.75, 3.05) is 20.3 Å². The molecule has 126 valence electrons. The number of amides is 1. The minimum atomic E-state index is -0.794. The van der Waals surface area contributed by atoms with Gasteiger partial charge in [0.25, 0.3) is 0 Å². The average Bonchev–Trinajstić information content (AvgIpc) is 3.10. The molecule has 1 aliphatic heterocycles. The summed E-state index contributed by atoms with van der Waals surface area (Å²) in [5, 5.41) is 6.96. The van der Waals surface area contributed by atoms with E-state index in [1.165, 1.54) is 0 Å². The van der Waals surface area contributed by atoms with Gasteiger partial charge in [0.1, 0.15) is 18.1 Å². The van der Waals surface area contributed by atoms with Gasteiger partial charge in [0, 0.05) is 13.5 Å². The molecule has 1 unspecified atom stereocenters. The predicted octanol–water partition coefficient (Wildman–Crippen LogP) is 2.50. The van der Waals surface area contributed by atoms with Crippen LogP contribution in [0.5, 0.6) is 5.75 Å². The Balaban J connectivity index is 1.92. The van der Waals surface area contributed by atoms with E-state index in [9.17, 15) is 9.59 Å². The molecular formula is C18H19NO4S. The summed E-state index contributed by atoms with van der Waals surface area (Å²) >= 11 is 1.54. The van der Waals surface area contributed by atoms with Crippen molar-refractivity contribution < 1.29 is 19.1 Å². The van der Waals surface area contributed by atoms with Gasteiger partial charge in [-0.15, -0.1) is 0 Å². The summed E-state index contributed by atoms with van der Waals surface area (Å²) in [6, 6.07) is 9.46. The Labute approximate surface area is 144 Å². The first-order valence-corrected chi connectivity index (χ1v) is 8.66. The summed E-state index contributed by atoms with van der Waals surface area (Å²) in [5.74, 6) is 0.438. The van der Waals surface area contributed by atoms with Gasteiger partial charge in [-0.25, -0.2) is 0 Å². The summed E-state index contributed by atoms with van der Waals surface area (Å²) in [7, 11) is 1.62. The third-order valence-electron chi connectivity index (χ3n) is 4.09. The number of carbonyl (C=O) groups excluding carboxylic acids is 2. The van der Waals surface area contributed by atoms with Gasteiger partial charge in [-0.3, -0.25) is 9.59 Å². The summed E-state index contributed by atoms with van der Waals surface area (Å²) in [6.07, 6.45) is 0.212. The van der Waals surface area contributed by atoms with Gasteiger partial charge in [0.2, 0.25) is 5.91 Å². The van der Waals surface area contributed by atoms with Crippen LogP contribution in [0.2, 0.25) is 0 Å². The van der Waals surface area contributed by atoms with Crippen LogP contribution in [0.25, 0.3) is 0 Å². The van der Waals surface area contributed by atoms with E-state index < -0.39 is 5.54 Å². The highest BCUT2D eigenvalue weighted by atomic mass is 32.1. The molecule has 0 saturated carbocycles. The van der Waals surface area contributed by atoms with Gasteiger partial charge in [-0.2, -0.15) is 11.3 Å². The van der Waals surface area contributed by atoms with Crippen LogP contribution in [0.3, 0.4) is 0 Å². The van der Waals surface area contributed by atoms with Crippen molar-refractivity contribution in [2.24, 2.45) is 0 Å². The molecule has 2 heterocycles. The fraction of sp³-hybridized carbons (Fsp3) is 0.333. The van der Waals surface area contributed by atoms with E-state index >= 15 is 0 Å². The minimum absolute atomic E-state index is 0.0506. The van der Waals surface area contributed by atoms with Crippen molar-refractivity contribution in [2.45, 2.75) is 18.4 Å². The summed E-state index contributed by atoms with van der Waals surface area (Å²) in [6.45, 7) is 0.992. The van der Waals surface area contributed by atoms with Crippen LogP contribution in [0.4, 0.5) is 0 Å². The highest BCUT2D eigenvalue weighted by Gasteiger charge is 2.42. The summed E-state index contributed by atoms with van der Waals surface area (Å²) < 4.78 is 10.5. The van der Waals surface area contributed by atoms with E-state index in [2.05, 4.69) is 5.32 Å². The molecule has 3 rings (SSSR count). The number of Topliss-reactive ketones (excluding diaryl/α,β-unsaturated/α-hetero) is 1. The highest BCUT2D eigenvalue weighted by molar-refractivity contribution is 7.08. The van der Waals surface area contributed by atoms with E-state index in [0.29, 0.717) is 13.2 Å². The fourth-order valence-electron chi connectivity index (χ4n) is 2.96. The van der Waals surface area contributed by atoms with Gasteiger partial charge < -0.3 is 14.8 Å². The second-order valence-corrected chi connectivity index (χ2v) is 6.50. The quantitative estimate of drug-likeness (QED) is 0.645. The second-order valence-electron chi connectivity index (χ2n) is 5.72. The smallest absolute Gasteiger partial charge is 0.228 e. The van der Waals surface area contributed by atoms with E-state index in [0.717, 1.165) is 16.9 Å². The molecule has 24 heavy (non-hydrogen) atoms. The molecule has 0 spiro atoms. The molecular weight excluding hydrogens is 326 g/mol. The zero-order valence-electron chi connectivity index (χ0n) is 13.4. The first kappa shape index (κ1) is 16.7. The molecule has 1 aromatic heterocycles. The number of rotatable bonds is 6. The van der Waals surface area contributed by atoms with Gasteiger partial charge in [-0.05, 0) is 40.1 Å². The molecule has 1 atom stereocenters. The van der Waals surface area contributed by atoms with Crippen LogP contribution in [0, 0.1) is 0 Å². The molecule has 5 nitrogen and oxygen atoms in total. The maximum atomic E-state index is 12.1. The van der Waals surface area contributed by atoms with Crippen LogP contribution in [0.1, 0.15) is 24.0 Å². The maximum absolute atomic E-state index is 12.1. The number of methoxy groups -OCH3 is 1. The van der Waals surface area contributed by atoms with E-state index in [-0.39, 0.29) is 24.5 Å². The second kappa shape index (κ2) is 7.15. The number of hydrogen-bond donors (Lipinski definition) is 1. The molecule has 1 fully saturated rings. The Morgan fingerprint density at radius 2 is 1.92 bits per heavy atom. The van der Waals surface area contributed by atoms with Gasteiger partial charge in [0.15, 0.2) is 0 Å². The van der Waals surface area contributed by atoms with Gasteiger partial charge in [-0.1, -0.05) is 12.1 Å². The molecule has 2 aromatic rings. The Hall–Kier alpha value is -2.18. The zero-order chi connectivity index (χ0) is 17.0. The monoisotopic (exact) mass is 345 g/mol. The molecule has 1 N–H and O–H groups in total. The number of hydrogen-bond acceptors (Lipinski definition) is 5. The molecule has 1 amide bonds. The Bertz CT molecular complexity index is 693. The Morgan fingerprint density at radius 1 is 1.12 bits per heavy atom. The van der Waals surface area contributed by atoms with E-state index in [4.69, 9.17) is 9.47 Å². The minimum Gasteiger partial charge on any atom is -0.491 e. The lowest BCUT2D eigenvalue weighted by molar-refractivity contribution is -0.133. The number of carbonyl (C=O) groups is 2. The van der Waals surface area contributed by atoms with Crippen molar-refractivity contribution in [1.82, 2.24) is 5.32 Å². The van der Waals surface area contributed by atoms with E-state index in [1.807, 2.05) is 41.1 Å². The standard InChI is InChI=1S/C18H19NO4S/c1-22-7-8-23-16-4-2-13(3-5-16)18(14-6-9-24-12-14)11-15(20)10-17(21)19-18/h2-6,9,12H,7-8,10-11H2,1H3,(H,19,21). The first-order valence-electron chi connectivity index (χ1n) is 7.72. The zero-order valence-corrected chi connectivity index (χ0v) is 14.2. The Kier molecular flexibility index (Phi) is 4.97. The van der Waals surface area contributed by atoms with Crippen molar-refractivity contribution >= 4 is 23.0 Å². The number of thiophene rings is 1. The third kappa shape index (κ3) is 3.34. The highest BCUT2D eigenvalue weighted by Crippen LogP contribution is 2.37. The predicted molar refractivity (Wildman–Crippen MR) is 91.3 cm³/mol. The maximum Gasteiger partial charge on any atom is 0.228 e. The first-order chi connectivity index (χ1) is 11.6. The van der Waals surface area contributed by atoms with Gasteiger partial charge >= 0.3 is 0 Å². The van der Waals surface area contributed by atoms with Gasteiger partial charge in [0.05, 0.1) is 18.6 Å². The number of benzene rings is 1. The summed E-state index contributed by atoms with van der Waals surface area (Å²) in [4.78, 5) is 24.1. The van der Waals surface area contributed by atoms with Crippen LogP contribution in [-0.2, 0) is 19.9 Å². The number of piperidine rings is 1. The lowest BCUT2D eigenvalue weighted by Crippen LogP contribution is -2.52. The third-order valence-corrected chi connectivity index (χ3v) is 4.77. The number of ether oxygens (including phenoxy) is 2. The lowest BCUT2D eigenvalue weighted by atomic mass is 9.77. The molecule has 1 aromatic carbocycles. The molecule has 1 aliphatic rings. The van der Waals surface area contributed by atoms with Crippen LogP contribution in [0.15, 0.2) is 41.1 Å². The fourth-order valence-corrected chi connectivity index (χ4v) is 3.69. The average molecular weight is 345 g/mol. The van der Waals surface area contributed by atoms with Crippen molar-refractivity contribution in [3.8, 4) is 5.75 Å². The normalized spacial score (nSPS) is 20.7. The van der Waals surface area contributed by atoms with Crippen LogP contribution < -0.4 is 10.1 Å². The lowest BCUT2D eigenvalue weighted by Gasteiger charge is -2.37. The number of ketones is 1. The SMILES string of the molecule is COCCOc1ccc(C2(c3ccsc3)CC(=O)CC(=O)N2)cc1.